The van der Waals surface area contributed by atoms with Crippen molar-refractivity contribution in [3.05, 3.63) is 35.9 Å². The van der Waals surface area contributed by atoms with Crippen LogP contribution < -0.4 is 5.32 Å². The third-order valence-corrected chi connectivity index (χ3v) is 2.68. The molecule has 0 saturated heterocycles. The summed E-state index contributed by atoms with van der Waals surface area (Å²) in [5, 5.41) is 21.6. The van der Waals surface area contributed by atoms with Gasteiger partial charge in [0.1, 0.15) is 5.75 Å². The van der Waals surface area contributed by atoms with E-state index < -0.39 is 6.10 Å². The number of phenolic OH excluding ortho intramolecular Hbond substituents is 1. The molecule has 0 bridgehead atoms. The zero-order valence-electron chi connectivity index (χ0n) is 12.3. The molecule has 4 nitrogen and oxygen atoms in total. The van der Waals surface area contributed by atoms with Gasteiger partial charge in [-0.1, -0.05) is 32.9 Å². The second-order valence-electron chi connectivity index (χ2n) is 6.09. The van der Waals surface area contributed by atoms with Crippen LogP contribution in [0.4, 0.5) is 0 Å². The van der Waals surface area contributed by atoms with E-state index in [1.54, 1.807) is 30.3 Å². The summed E-state index contributed by atoms with van der Waals surface area (Å²) in [7, 11) is 0. The normalized spacial score (nSPS) is 13.4. The number of aromatic hydroxyl groups is 1. The molecule has 4 heteroatoms. The molecular weight excluding hydrogens is 254 g/mol. The van der Waals surface area contributed by atoms with Crippen LogP contribution in [-0.2, 0) is 4.79 Å². The van der Waals surface area contributed by atoms with Gasteiger partial charge in [0.2, 0.25) is 5.91 Å². The van der Waals surface area contributed by atoms with Gasteiger partial charge in [0.15, 0.2) is 0 Å². The molecule has 0 fully saturated rings. The zero-order chi connectivity index (χ0) is 15.2. The molecule has 0 aliphatic heterocycles. The molecule has 1 unspecified atom stereocenters. The van der Waals surface area contributed by atoms with Crippen molar-refractivity contribution in [2.75, 3.05) is 6.54 Å². The van der Waals surface area contributed by atoms with Crippen molar-refractivity contribution in [3.63, 3.8) is 0 Å². The highest BCUT2D eigenvalue weighted by molar-refractivity contribution is 5.91. The molecule has 0 aliphatic rings. The number of aliphatic hydroxyl groups excluding tert-OH is 1. The molecule has 0 aromatic heterocycles. The number of nitrogens with one attached hydrogen (secondary N) is 1. The minimum atomic E-state index is -0.541. The molecule has 1 aromatic rings. The Bertz CT molecular complexity index is 458. The number of hydrogen-bond donors (Lipinski definition) is 3. The number of carbonyl (C=O) groups excluding carboxylic acids is 1. The van der Waals surface area contributed by atoms with Crippen LogP contribution in [0.5, 0.6) is 5.75 Å². The Kier molecular flexibility index (Phi) is 5.77. The summed E-state index contributed by atoms with van der Waals surface area (Å²) in [6.45, 7) is 6.38. The van der Waals surface area contributed by atoms with Crippen LogP contribution >= 0.6 is 0 Å². The Morgan fingerprint density at radius 3 is 2.45 bits per heavy atom. The number of benzene rings is 1. The molecule has 20 heavy (non-hydrogen) atoms. The Hall–Kier alpha value is -1.81. The van der Waals surface area contributed by atoms with Gasteiger partial charge in [-0.3, -0.25) is 4.79 Å². The molecule has 3 N–H and O–H groups in total. The summed E-state index contributed by atoms with van der Waals surface area (Å²) in [5.41, 5.74) is 0.861. The van der Waals surface area contributed by atoms with E-state index in [4.69, 9.17) is 5.11 Å². The highest BCUT2D eigenvalue weighted by Gasteiger charge is 2.16. The van der Waals surface area contributed by atoms with Gasteiger partial charge in [0, 0.05) is 12.6 Å². The minimum Gasteiger partial charge on any atom is -0.508 e. The standard InChI is InChI=1S/C16H23NO3/c1-16(2,3)10-14(19)11-17-15(20)9-6-12-4-7-13(18)8-5-12/h4-9,14,18-19H,10-11H2,1-3H3,(H,17,20)/b9-6+. The molecule has 0 aliphatic carbocycles. The summed E-state index contributed by atoms with van der Waals surface area (Å²) in [4.78, 5) is 11.6. The van der Waals surface area contributed by atoms with Gasteiger partial charge in [-0.2, -0.15) is 0 Å². The van der Waals surface area contributed by atoms with Crippen molar-refractivity contribution in [3.8, 4) is 5.75 Å². The number of carbonyl (C=O) groups is 1. The molecule has 1 atom stereocenters. The van der Waals surface area contributed by atoms with Crippen LogP contribution in [0, 0.1) is 5.41 Å². The molecule has 1 aromatic carbocycles. The number of phenols is 1. The minimum absolute atomic E-state index is 0.0338. The zero-order valence-corrected chi connectivity index (χ0v) is 12.3. The summed E-state index contributed by atoms with van der Waals surface area (Å²) >= 11 is 0. The van der Waals surface area contributed by atoms with Crippen molar-refractivity contribution < 1.29 is 15.0 Å². The maximum absolute atomic E-state index is 11.6. The topological polar surface area (TPSA) is 69.6 Å². The third-order valence-electron chi connectivity index (χ3n) is 2.68. The van der Waals surface area contributed by atoms with Gasteiger partial charge in [0.25, 0.3) is 0 Å². The predicted molar refractivity (Wildman–Crippen MR) is 80.2 cm³/mol. The number of aliphatic hydroxyl groups is 1. The molecule has 0 spiro atoms. The van der Waals surface area contributed by atoms with Gasteiger partial charge in [0.05, 0.1) is 6.10 Å². The highest BCUT2D eigenvalue weighted by atomic mass is 16.3. The lowest BCUT2D eigenvalue weighted by atomic mass is 9.89. The Morgan fingerprint density at radius 2 is 1.90 bits per heavy atom. The maximum Gasteiger partial charge on any atom is 0.244 e. The van der Waals surface area contributed by atoms with Gasteiger partial charge in [-0.05, 0) is 35.6 Å². The molecule has 1 amide bonds. The molecular formula is C16H23NO3. The third kappa shape index (κ3) is 6.95. The second-order valence-corrected chi connectivity index (χ2v) is 6.09. The number of hydrogen-bond acceptors (Lipinski definition) is 3. The van der Waals surface area contributed by atoms with Gasteiger partial charge in [-0.15, -0.1) is 0 Å². The van der Waals surface area contributed by atoms with E-state index in [2.05, 4.69) is 5.32 Å². The maximum atomic E-state index is 11.6. The largest absolute Gasteiger partial charge is 0.508 e. The molecule has 0 radical (unpaired) electrons. The van der Waals surface area contributed by atoms with E-state index in [9.17, 15) is 9.90 Å². The summed E-state index contributed by atoms with van der Waals surface area (Å²) in [6, 6.07) is 6.55. The second kappa shape index (κ2) is 7.10. The first-order valence-corrected chi connectivity index (χ1v) is 6.69. The van der Waals surface area contributed by atoms with Gasteiger partial charge in [-0.25, -0.2) is 0 Å². The summed E-state index contributed by atoms with van der Waals surface area (Å²) in [6.07, 6.45) is 3.16. The van der Waals surface area contributed by atoms with E-state index in [1.165, 1.54) is 6.08 Å². The van der Waals surface area contributed by atoms with Crippen molar-refractivity contribution in [2.24, 2.45) is 5.41 Å². The van der Waals surface area contributed by atoms with E-state index in [0.717, 1.165) is 5.56 Å². The van der Waals surface area contributed by atoms with Crippen molar-refractivity contribution in [1.29, 1.82) is 0 Å². The monoisotopic (exact) mass is 277 g/mol. The fourth-order valence-corrected chi connectivity index (χ4v) is 1.81. The van der Waals surface area contributed by atoms with Crippen LogP contribution in [0.1, 0.15) is 32.8 Å². The lowest BCUT2D eigenvalue weighted by Gasteiger charge is -2.22. The van der Waals surface area contributed by atoms with Crippen LogP contribution in [-0.4, -0.2) is 28.8 Å². The molecule has 110 valence electrons. The first kappa shape index (κ1) is 16.2. The first-order valence-electron chi connectivity index (χ1n) is 6.69. The van der Waals surface area contributed by atoms with E-state index in [-0.39, 0.29) is 23.6 Å². The lowest BCUT2D eigenvalue weighted by molar-refractivity contribution is -0.117. The van der Waals surface area contributed by atoms with Crippen molar-refractivity contribution >= 4 is 12.0 Å². The fraction of sp³-hybridized carbons (Fsp3) is 0.438. The Morgan fingerprint density at radius 1 is 1.30 bits per heavy atom. The SMILES string of the molecule is CC(C)(C)CC(O)CNC(=O)/C=C/c1ccc(O)cc1. The fourth-order valence-electron chi connectivity index (χ4n) is 1.81. The van der Waals surface area contributed by atoms with Gasteiger partial charge < -0.3 is 15.5 Å². The number of amides is 1. The number of rotatable bonds is 5. The average Bonchev–Trinajstić information content (AvgIpc) is 2.33. The Labute approximate surface area is 120 Å². The molecule has 1 rings (SSSR count). The Balaban J connectivity index is 2.38. The average molecular weight is 277 g/mol. The predicted octanol–water partition coefficient (Wildman–Crippen LogP) is 2.32. The van der Waals surface area contributed by atoms with Gasteiger partial charge >= 0.3 is 0 Å². The van der Waals surface area contributed by atoms with Crippen LogP contribution in [0.15, 0.2) is 30.3 Å². The quantitative estimate of drug-likeness (QED) is 0.723. The first-order chi connectivity index (χ1) is 9.26. The van der Waals surface area contributed by atoms with Crippen LogP contribution in [0.3, 0.4) is 0 Å². The highest BCUT2D eigenvalue weighted by Crippen LogP contribution is 2.20. The smallest absolute Gasteiger partial charge is 0.244 e. The van der Waals surface area contributed by atoms with Crippen LogP contribution in [0.25, 0.3) is 6.08 Å². The van der Waals surface area contributed by atoms with Crippen molar-refractivity contribution in [1.82, 2.24) is 5.32 Å². The van der Waals surface area contributed by atoms with Crippen molar-refractivity contribution in [2.45, 2.75) is 33.3 Å². The molecule has 0 heterocycles. The van der Waals surface area contributed by atoms with Crippen LogP contribution in [0.2, 0.25) is 0 Å². The molecule has 0 saturated carbocycles. The van der Waals surface area contributed by atoms with E-state index in [1.807, 2.05) is 20.8 Å². The van der Waals surface area contributed by atoms with E-state index >= 15 is 0 Å². The summed E-state index contributed by atoms with van der Waals surface area (Å²) < 4.78 is 0. The lowest BCUT2D eigenvalue weighted by Crippen LogP contribution is -2.33. The van der Waals surface area contributed by atoms with E-state index in [0.29, 0.717) is 6.42 Å². The summed E-state index contributed by atoms with van der Waals surface area (Å²) in [5.74, 6) is -0.0528.